The summed E-state index contributed by atoms with van der Waals surface area (Å²) in [6.45, 7) is 6.26. The van der Waals surface area contributed by atoms with Gasteiger partial charge in [-0.2, -0.15) is 0 Å². The number of hydrogen-bond donors (Lipinski definition) is 3. The van der Waals surface area contributed by atoms with Gasteiger partial charge in [0.1, 0.15) is 12.1 Å². The van der Waals surface area contributed by atoms with Gasteiger partial charge >= 0.3 is 0 Å². The Balaban J connectivity index is 1.24. The van der Waals surface area contributed by atoms with Crippen molar-refractivity contribution in [3.05, 3.63) is 35.9 Å². The van der Waals surface area contributed by atoms with Gasteiger partial charge in [-0.3, -0.25) is 28.8 Å². The zero-order valence-corrected chi connectivity index (χ0v) is 29.1. The number of Topliss-reactive ketones (excluding diaryl/α,β-unsaturated/α-hetero) is 1. The van der Waals surface area contributed by atoms with E-state index in [9.17, 15) is 28.8 Å². The molecule has 3 aliphatic carbocycles. The van der Waals surface area contributed by atoms with Crippen LogP contribution in [0.1, 0.15) is 90.2 Å². The van der Waals surface area contributed by atoms with Gasteiger partial charge in [0.05, 0.1) is 12.6 Å². The molecule has 1 saturated heterocycles. The van der Waals surface area contributed by atoms with Crippen molar-refractivity contribution in [1.29, 1.82) is 0 Å². The van der Waals surface area contributed by atoms with Gasteiger partial charge < -0.3 is 25.8 Å². The molecule has 4 aliphatic rings. The smallest absolute Gasteiger partial charge is 0.290 e. The highest BCUT2D eigenvalue weighted by molar-refractivity contribution is 6.38. The highest BCUT2D eigenvalue weighted by atomic mass is 16.2. The van der Waals surface area contributed by atoms with E-state index in [-0.39, 0.29) is 46.8 Å². The van der Waals surface area contributed by atoms with Crippen LogP contribution in [0.4, 0.5) is 0 Å². The number of benzene rings is 1. The number of likely N-dealkylation sites (N-methyl/N-ethyl adjacent to an activating group) is 1. The van der Waals surface area contributed by atoms with Crippen LogP contribution in [-0.2, 0) is 28.8 Å². The quantitative estimate of drug-likeness (QED) is 0.277. The summed E-state index contributed by atoms with van der Waals surface area (Å²) in [5.74, 6) is -2.55. The second-order valence-electron chi connectivity index (χ2n) is 15.4. The maximum Gasteiger partial charge on any atom is 0.290 e. The number of hydrogen-bond acceptors (Lipinski definition) is 6. The van der Waals surface area contributed by atoms with Gasteiger partial charge in [-0.1, -0.05) is 89.6 Å². The highest BCUT2D eigenvalue weighted by Crippen LogP contribution is 2.65. The molecule has 48 heavy (non-hydrogen) atoms. The molecule has 1 aliphatic heterocycles. The van der Waals surface area contributed by atoms with E-state index in [1.807, 2.05) is 6.92 Å². The SMILES string of the molecule is C[C@H](C(=O)N1C[C@H]2[C@@H]([C@H]1C(=O)NC(CC1CCC1)C(=O)C(=O)NCC(=O)N[C@H](C(=O)N(C)C)c1ccccc1)C2(C)C)C1CCCCC1. The Morgan fingerprint density at radius 3 is 2.19 bits per heavy atom. The molecule has 262 valence electrons. The van der Waals surface area contributed by atoms with Crippen LogP contribution in [0.25, 0.3) is 0 Å². The summed E-state index contributed by atoms with van der Waals surface area (Å²) in [4.78, 5) is 83.5. The monoisotopic (exact) mass is 663 g/mol. The zero-order valence-electron chi connectivity index (χ0n) is 29.1. The third kappa shape index (κ3) is 7.60. The van der Waals surface area contributed by atoms with E-state index in [0.29, 0.717) is 24.4 Å². The molecule has 3 saturated carbocycles. The van der Waals surface area contributed by atoms with Crippen LogP contribution in [0.15, 0.2) is 30.3 Å². The number of fused-ring (bicyclic) bond motifs is 1. The lowest BCUT2D eigenvalue weighted by molar-refractivity contribution is -0.146. The van der Waals surface area contributed by atoms with Crippen molar-refractivity contribution < 1.29 is 28.8 Å². The first kappa shape index (κ1) is 35.5. The van der Waals surface area contributed by atoms with Crippen molar-refractivity contribution in [3.8, 4) is 0 Å². The number of carbonyl (C=O) groups excluding carboxylic acids is 6. The van der Waals surface area contributed by atoms with Crippen LogP contribution in [0, 0.1) is 35.0 Å². The molecule has 3 N–H and O–H groups in total. The molecule has 0 radical (unpaired) electrons. The first-order chi connectivity index (χ1) is 22.8. The fourth-order valence-corrected chi connectivity index (χ4v) is 8.27. The van der Waals surface area contributed by atoms with E-state index in [1.54, 1.807) is 49.3 Å². The zero-order chi connectivity index (χ0) is 34.7. The van der Waals surface area contributed by atoms with Crippen molar-refractivity contribution in [1.82, 2.24) is 25.8 Å². The van der Waals surface area contributed by atoms with Crippen LogP contribution in [0.3, 0.4) is 0 Å². The third-order valence-corrected chi connectivity index (χ3v) is 11.7. The van der Waals surface area contributed by atoms with Gasteiger partial charge in [-0.25, -0.2) is 0 Å². The molecule has 11 heteroatoms. The largest absolute Gasteiger partial charge is 0.347 e. The first-order valence-electron chi connectivity index (χ1n) is 17.8. The molecule has 5 rings (SSSR count). The molecule has 11 nitrogen and oxygen atoms in total. The molecular weight excluding hydrogens is 610 g/mol. The molecule has 0 bridgehead atoms. The lowest BCUT2D eigenvalue weighted by Gasteiger charge is -2.36. The number of ketones is 1. The summed E-state index contributed by atoms with van der Waals surface area (Å²) in [5, 5.41) is 7.98. The van der Waals surface area contributed by atoms with Gasteiger partial charge in [0.15, 0.2) is 0 Å². The van der Waals surface area contributed by atoms with Crippen LogP contribution in [-0.4, -0.2) is 84.4 Å². The molecule has 5 amide bonds. The van der Waals surface area contributed by atoms with Gasteiger partial charge in [0, 0.05) is 26.6 Å². The minimum absolute atomic E-state index is 0.000537. The predicted octanol–water partition coefficient (Wildman–Crippen LogP) is 2.99. The van der Waals surface area contributed by atoms with Crippen LogP contribution in [0.5, 0.6) is 0 Å². The summed E-state index contributed by atoms with van der Waals surface area (Å²) in [6.07, 6.45) is 8.69. The summed E-state index contributed by atoms with van der Waals surface area (Å²) in [7, 11) is 3.17. The molecule has 6 atom stereocenters. The Morgan fingerprint density at radius 2 is 1.58 bits per heavy atom. The predicted molar refractivity (Wildman–Crippen MR) is 180 cm³/mol. The number of amides is 5. The summed E-state index contributed by atoms with van der Waals surface area (Å²) in [5.41, 5.74) is 0.500. The summed E-state index contributed by atoms with van der Waals surface area (Å²) in [6, 6.07) is 6.07. The molecular formula is C37H53N5O6. The fraction of sp³-hybridized carbons (Fsp3) is 0.676. The average molecular weight is 664 g/mol. The summed E-state index contributed by atoms with van der Waals surface area (Å²) < 4.78 is 0. The average Bonchev–Trinajstić information content (AvgIpc) is 3.36. The fourth-order valence-electron chi connectivity index (χ4n) is 8.27. The first-order valence-corrected chi connectivity index (χ1v) is 17.8. The van der Waals surface area contributed by atoms with Gasteiger partial charge in [-0.15, -0.1) is 0 Å². The lowest BCUT2D eigenvalue weighted by Crippen LogP contribution is -2.57. The van der Waals surface area contributed by atoms with Crippen molar-refractivity contribution in [2.45, 2.75) is 96.7 Å². The maximum atomic E-state index is 14.1. The molecule has 1 aromatic rings. The van der Waals surface area contributed by atoms with Crippen molar-refractivity contribution in [2.75, 3.05) is 27.2 Å². The standard InChI is InChI=1S/C37H53N5O6/c1-22(24-15-8-6-9-16-24)35(47)42-21-26-29(37(26,2)3)31(42)33(45)39-27(19-23-13-12-14-23)32(44)34(46)38-20-28(43)40-30(36(48)41(4)5)25-17-10-7-11-18-25/h7,10-11,17-18,22-24,26-27,29-31H,6,8-9,12-16,19-21H2,1-5H3,(H,38,46)(H,39,45)(H,40,43)/t22-,26-,27?,29-,30-,31-/m0/s1. The van der Waals surface area contributed by atoms with Crippen molar-refractivity contribution in [3.63, 3.8) is 0 Å². The topological polar surface area (TPSA) is 145 Å². The number of rotatable bonds is 13. The van der Waals surface area contributed by atoms with E-state index < -0.39 is 42.3 Å². The number of likely N-dealkylation sites (tertiary alicyclic amines) is 1. The number of piperidine rings is 1. The number of nitrogens with zero attached hydrogens (tertiary/aromatic N) is 2. The van der Waals surface area contributed by atoms with E-state index in [2.05, 4.69) is 29.8 Å². The van der Waals surface area contributed by atoms with Gasteiger partial charge in [0.25, 0.3) is 5.91 Å². The second kappa shape index (κ2) is 14.8. The maximum absolute atomic E-state index is 14.1. The molecule has 4 fully saturated rings. The Kier molecular flexibility index (Phi) is 10.9. The minimum Gasteiger partial charge on any atom is -0.347 e. The number of carbonyl (C=O) groups is 6. The highest BCUT2D eigenvalue weighted by Gasteiger charge is 2.69. The van der Waals surface area contributed by atoms with E-state index >= 15 is 0 Å². The van der Waals surface area contributed by atoms with Crippen molar-refractivity contribution in [2.24, 2.45) is 35.0 Å². The van der Waals surface area contributed by atoms with Crippen LogP contribution < -0.4 is 16.0 Å². The minimum atomic E-state index is -1.06. The van der Waals surface area contributed by atoms with Crippen LogP contribution >= 0.6 is 0 Å². The normalized spacial score (nSPS) is 25.0. The second-order valence-corrected chi connectivity index (χ2v) is 15.4. The van der Waals surface area contributed by atoms with E-state index in [4.69, 9.17) is 0 Å². The Bertz CT molecular complexity index is 1390. The third-order valence-electron chi connectivity index (χ3n) is 11.7. The molecule has 0 aromatic heterocycles. The van der Waals surface area contributed by atoms with Crippen LogP contribution in [0.2, 0.25) is 0 Å². The lowest BCUT2D eigenvalue weighted by atomic mass is 9.79. The Labute approximate surface area is 284 Å². The molecule has 1 unspecified atom stereocenters. The van der Waals surface area contributed by atoms with E-state index in [0.717, 1.165) is 44.9 Å². The Hall–Kier alpha value is -3.76. The number of nitrogens with one attached hydrogen (secondary N) is 3. The molecule has 0 spiro atoms. The van der Waals surface area contributed by atoms with Gasteiger partial charge in [0.2, 0.25) is 29.4 Å². The Morgan fingerprint density at radius 1 is 0.917 bits per heavy atom. The molecule has 1 heterocycles. The van der Waals surface area contributed by atoms with Gasteiger partial charge in [-0.05, 0) is 53.9 Å². The summed E-state index contributed by atoms with van der Waals surface area (Å²) >= 11 is 0. The van der Waals surface area contributed by atoms with Crippen molar-refractivity contribution >= 4 is 35.3 Å². The molecule has 1 aromatic carbocycles. The van der Waals surface area contributed by atoms with E-state index in [1.165, 1.54) is 11.3 Å².